The molecular formula is C19H18F2N4O3. The number of hydrogen-bond donors (Lipinski definition) is 2. The van der Waals surface area contributed by atoms with E-state index in [1.54, 1.807) is 0 Å². The van der Waals surface area contributed by atoms with Crippen LogP contribution in [0.1, 0.15) is 12.0 Å². The van der Waals surface area contributed by atoms with E-state index in [4.69, 9.17) is 14.9 Å². The van der Waals surface area contributed by atoms with Crippen LogP contribution in [-0.2, 0) is 15.1 Å². The predicted molar refractivity (Wildman–Crippen MR) is 94.9 cm³/mol. The van der Waals surface area contributed by atoms with Crippen LogP contribution < -0.4 is 10.1 Å². The second-order valence-electron chi connectivity index (χ2n) is 6.79. The minimum absolute atomic E-state index is 0.0365. The molecule has 2 aromatic rings. The van der Waals surface area contributed by atoms with Crippen LogP contribution in [0.4, 0.5) is 8.78 Å². The number of guanidine groups is 1. The van der Waals surface area contributed by atoms with Crippen molar-refractivity contribution in [2.24, 2.45) is 5.92 Å². The number of rotatable bonds is 3. The molecule has 0 aliphatic carbocycles. The second kappa shape index (κ2) is 6.83. The summed E-state index contributed by atoms with van der Waals surface area (Å²) in [4.78, 5) is 17.8. The maximum atomic E-state index is 14.9. The number of aromatic nitrogens is 1. The number of ether oxygens (including phenoxy) is 2. The lowest BCUT2D eigenvalue weighted by Gasteiger charge is -2.49. The van der Waals surface area contributed by atoms with E-state index in [0.29, 0.717) is 13.0 Å². The quantitative estimate of drug-likeness (QED) is 0.843. The average Bonchev–Trinajstić information content (AvgIpc) is 2.69. The molecule has 1 aromatic heterocycles. The summed E-state index contributed by atoms with van der Waals surface area (Å²) in [6, 6.07) is 6.66. The van der Waals surface area contributed by atoms with E-state index >= 15 is 0 Å². The lowest BCUT2D eigenvalue weighted by Crippen LogP contribution is -2.68. The molecule has 0 spiro atoms. The first kappa shape index (κ1) is 18.3. The highest BCUT2D eigenvalue weighted by Crippen LogP contribution is 2.41. The largest absolute Gasteiger partial charge is 0.439 e. The maximum Gasteiger partial charge on any atom is 0.235 e. The van der Waals surface area contributed by atoms with Gasteiger partial charge in [0, 0.05) is 25.3 Å². The van der Waals surface area contributed by atoms with E-state index in [1.165, 1.54) is 42.3 Å². The van der Waals surface area contributed by atoms with Crippen molar-refractivity contribution in [1.29, 1.82) is 5.41 Å². The van der Waals surface area contributed by atoms with Crippen LogP contribution >= 0.6 is 0 Å². The van der Waals surface area contributed by atoms with E-state index < -0.39 is 23.1 Å². The molecule has 3 heterocycles. The molecule has 0 radical (unpaired) electrons. The molecule has 28 heavy (non-hydrogen) atoms. The number of carbonyl (C=O) groups is 1. The van der Waals surface area contributed by atoms with Gasteiger partial charge in [-0.1, -0.05) is 0 Å². The Labute approximate surface area is 159 Å². The van der Waals surface area contributed by atoms with Crippen molar-refractivity contribution in [3.8, 4) is 11.6 Å². The van der Waals surface area contributed by atoms with Gasteiger partial charge in [0.15, 0.2) is 5.96 Å². The fourth-order valence-corrected chi connectivity index (χ4v) is 3.66. The first-order valence-corrected chi connectivity index (χ1v) is 8.72. The molecule has 9 heteroatoms. The third kappa shape index (κ3) is 2.97. The standard InChI is InChI=1S/C19H18F2N4O3/c1-25-17(26)13-6-7-27-10-19(13,24-18(25)22)14-8-12(3-4-15(14)21)28-16-5-2-11(20)9-23-16/h2-5,8-9,13H,6-7,10H2,1H3,(H2,22,24). The van der Waals surface area contributed by atoms with Gasteiger partial charge in [-0.15, -0.1) is 0 Å². The van der Waals surface area contributed by atoms with Crippen molar-refractivity contribution in [3.05, 3.63) is 53.7 Å². The predicted octanol–water partition coefficient (Wildman–Crippen LogP) is 2.38. The molecule has 2 atom stereocenters. The third-order valence-corrected chi connectivity index (χ3v) is 5.12. The van der Waals surface area contributed by atoms with E-state index in [0.717, 1.165) is 6.20 Å². The molecule has 0 saturated carbocycles. The maximum absolute atomic E-state index is 14.9. The Kier molecular flexibility index (Phi) is 4.46. The van der Waals surface area contributed by atoms with Gasteiger partial charge >= 0.3 is 0 Å². The molecular weight excluding hydrogens is 370 g/mol. The first-order valence-electron chi connectivity index (χ1n) is 8.72. The normalized spacial score (nSPS) is 24.5. The summed E-state index contributed by atoms with van der Waals surface area (Å²) in [5, 5.41) is 11.1. The molecule has 2 N–H and O–H groups in total. The lowest BCUT2D eigenvalue weighted by molar-refractivity contribution is -0.143. The molecule has 4 rings (SSSR count). The number of nitrogens with zero attached hydrogens (tertiary/aromatic N) is 2. The lowest BCUT2D eigenvalue weighted by atomic mass is 9.73. The number of fused-ring (bicyclic) bond motifs is 1. The number of amides is 1. The van der Waals surface area contributed by atoms with Crippen LogP contribution in [-0.4, -0.2) is 42.0 Å². The zero-order valence-electron chi connectivity index (χ0n) is 15.0. The van der Waals surface area contributed by atoms with Crippen molar-refractivity contribution >= 4 is 11.9 Å². The highest BCUT2D eigenvalue weighted by molar-refractivity contribution is 6.00. The topological polar surface area (TPSA) is 87.5 Å². The van der Waals surface area contributed by atoms with Crippen molar-refractivity contribution in [2.75, 3.05) is 20.3 Å². The van der Waals surface area contributed by atoms with E-state index in [9.17, 15) is 13.6 Å². The number of carbonyl (C=O) groups excluding carboxylic acids is 1. The van der Waals surface area contributed by atoms with Crippen molar-refractivity contribution in [3.63, 3.8) is 0 Å². The fourth-order valence-electron chi connectivity index (χ4n) is 3.66. The molecule has 1 aromatic carbocycles. The van der Waals surface area contributed by atoms with Gasteiger partial charge in [0.1, 0.15) is 22.9 Å². The Hall–Kier alpha value is -3.07. The van der Waals surface area contributed by atoms with Gasteiger partial charge in [-0.3, -0.25) is 15.1 Å². The van der Waals surface area contributed by atoms with Crippen LogP contribution in [0.3, 0.4) is 0 Å². The van der Waals surface area contributed by atoms with Gasteiger partial charge in [-0.2, -0.15) is 0 Å². The summed E-state index contributed by atoms with van der Waals surface area (Å²) >= 11 is 0. The van der Waals surface area contributed by atoms with E-state index in [1.807, 2.05) is 0 Å². The van der Waals surface area contributed by atoms with Gasteiger partial charge in [0.25, 0.3) is 0 Å². The molecule has 2 unspecified atom stereocenters. The minimum atomic E-state index is -1.21. The van der Waals surface area contributed by atoms with E-state index in [2.05, 4.69) is 10.3 Å². The first-order chi connectivity index (χ1) is 13.4. The number of halogens is 2. The van der Waals surface area contributed by atoms with Crippen LogP contribution in [0.15, 0.2) is 36.5 Å². The second-order valence-corrected chi connectivity index (χ2v) is 6.79. The smallest absolute Gasteiger partial charge is 0.235 e. The van der Waals surface area contributed by atoms with Gasteiger partial charge in [-0.25, -0.2) is 13.8 Å². The number of pyridine rings is 1. The molecule has 2 saturated heterocycles. The summed E-state index contributed by atoms with van der Waals surface area (Å²) in [5.41, 5.74) is -1.04. The number of benzene rings is 1. The summed E-state index contributed by atoms with van der Waals surface area (Å²) in [6.45, 7) is 0.410. The van der Waals surface area contributed by atoms with Crippen molar-refractivity contribution in [2.45, 2.75) is 12.0 Å². The molecule has 146 valence electrons. The number of hydrogen-bond acceptors (Lipinski definition) is 5. The molecule has 0 bridgehead atoms. The molecule has 1 amide bonds. The summed E-state index contributed by atoms with van der Waals surface area (Å²) in [7, 11) is 1.51. The molecule has 2 aliphatic rings. The molecule has 2 fully saturated rings. The zero-order valence-corrected chi connectivity index (χ0v) is 15.0. The summed E-state index contributed by atoms with van der Waals surface area (Å²) in [5.74, 6) is -1.61. The van der Waals surface area contributed by atoms with Crippen molar-refractivity contribution < 1.29 is 23.0 Å². The number of nitrogens with one attached hydrogen (secondary N) is 2. The van der Waals surface area contributed by atoms with Crippen LogP contribution in [0, 0.1) is 23.0 Å². The molecule has 2 aliphatic heterocycles. The Morgan fingerprint density at radius 2 is 2.18 bits per heavy atom. The SMILES string of the molecule is CN1C(=N)NC2(c3cc(Oc4ccc(F)cn4)ccc3F)COCCC2C1=O. The minimum Gasteiger partial charge on any atom is -0.439 e. The Morgan fingerprint density at radius 1 is 1.36 bits per heavy atom. The van der Waals surface area contributed by atoms with Gasteiger partial charge in [0.2, 0.25) is 11.8 Å². The third-order valence-electron chi connectivity index (χ3n) is 5.12. The summed E-state index contributed by atoms with van der Waals surface area (Å²) < 4.78 is 39.1. The van der Waals surface area contributed by atoms with Gasteiger partial charge in [-0.05, 0) is 30.7 Å². The average molecular weight is 388 g/mol. The van der Waals surface area contributed by atoms with E-state index in [-0.39, 0.29) is 35.7 Å². The van der Waals surface area contributed by atoms with Gasteiger partial charge in [0.05, 0.1) is 18.7 Å². The van der Waals surface area contributed by atoms with Crippen LogP contribution in [0.5, 0.6) is 11.6 Å². The molecule has 7 nitrogen and oxygen atoms in total. The summed E-state index contributed by atoms with van der Waals surface area (Å²) in [6.07, 6.45) is 1.41. The highest BCUT2D eigenvalue weighted by atomic mass is 19.1. The zero-order chi connectivity index (χ0) is 19.9. The van der Waals surface area contributed by atoms with Crippen LogP contribution in [0.25, 0.3) is 0 Å². The van der Waals surface area contributed by atoms with Crippen LogP contribution in [0.2, 0.25) is 0 Å². The Balaban J connectivity index is 1.75. The van der Waals surface area contributed by atoms with Gasteiger partial charge < -0.3 is 14.8 Å². The monoisotopic (exact) mass is 388 g/mol. The highest BCUT2D eigenvalue weighted by Gasteiger charge is 2.53. The Morgan fingerprint density at radius 3 is 2.93 bits per heavy atom. The Bertz CT molecular complexity index is 937. The fraction of sp³-hybridized carbons (Fsp3) is 0.316. The van der Waals surface area contributed by atoms with Crippen molar-refractivity contribution in [1.82, 2.24) is 15.2 Å².